The van der Waals surface area contributed by atoms with Gasteiger partial charge in [-0.1, -0.05) is 29.8 Å². The largest absolute Gasteiger partial charge is 0.324 e. The normalized spacial score (nSPS) is 10.7. The van der Waals surface area contributed by atoms with Gasteiger partial charge in [-0.3, -0.25) is 19.5 Å². The predicted molar refractivity (Wildman–Crippen MR) is 88.6 cm³/mol. The Hall–Kier alpha value is -3.15. The molecule has 0 bridgehead atoms. The Bertz CT molecular complexity index is 984. The Morgan fingerprint density at radius 1 is 1.04 bits per heavy atom. The second-order valence-electron chi connectivity index (χ2n) is 5.29. The van der Waals surface area contributed by atoms with Crippen LogP contribution in [-0.4, -0.2) is 15.7 Å². The molecule has 0 aliphatic heterocycles. The number of hydrogen-bond donors (Lipinski definition) is 2. The minimum absolute atomic E-state index is 0.257. The van der Waals surface area contributed by atoms with Crippen LogP contribution in [0.5, 0.6) is 0 Å². The summed E-state index contributed by atoms with van der Waals surface area (Å²) < 4.78 is 1.02. The van der Waals surface area contributed by atoms with E-state index in [9.17, 15) is 14.4 Å². The lowest BCUT2D eigenvalue weighted by molar-refractivity contribution is -0.117. The molecule has 0 saturated carbocycles. The standard InChI is InChI=1S/C17H15N3O3/c1-11-6-8-12(9-7-11)18-15(21)10-20-17(23)14-5-3-2-4-13(14)16(22)19-20/h2-9H,10H2,1H3,(H,18,21)(H,19,22). The van der Waals surface area contributed by atoms with Crippen molar-refractivity contribution in [2.75, 3.05) is 5.32 Å². The van der Waals surface area contributed by atoms with Gasteiger partial charge in [-0.05, 0) is 31.2 Å². The number of aryl methyl sites for hydroxylation is 1. The van der Waals surface area contributed by atoms with Gasteiger partial charge in [0.05, 0.1) is 10.8 Å². The molecule has 0 aliphatic rings. The molecule has 0 aliphatic carbocycles. The zero-order valence-corrected chi connectivity index (χ0v) is 12.5. The zero-order chi connectivity index (χ0) is 16.4. The third-order valence-corrected chi connectivity index (χ3v) is 3.52. The van der Waals surface area contributed by atoms with Gasteiger partial charge < -0.3 is 5.32 Å². The number of anilines is 1. The summed E-state index contributed by atoms with van der Waals surface area (Å²) in [6.07, 6.45) is 0. The first-order valence-electron chi connectivity index (χ1n) is 7.13. The molecule has 2 N–H and O–H groups in total. The summed E-state index contributed by atoms with van der Waals surface area (Å²) in [7, 11) is 0. The van der Waals surface area contributed by atoms with E-state index in [1.54, 1.807) is 36.4 Å². The molecule has 0 fully saturated rings. The van der Waals surface area contributed by atoms with Gasteiger partial charge in [-0.25, -0.2) is 4.68 Å². The molecule has 6 heteroatoms. The Balaban J connectivity index is 1.88. The zero-order valence-electron chi connectivity index (χ0n) is 12.5. The van der Waals surface area contributed by atoms with E-state index in [4.69, 9.17) is 0 Å². The van der Waals surface area contributed by atoms with Crippen molar-refractivity contribution < 1.29 is 4.79 Å². The van der Waals surface area contributed by atoms with E-state index >= 15 is 0 Å². The highest BCUT2D eigenvalue weighted by Crippen LogP contribution is 2.08. The quantitative estimate of drug-likeness (QED) is 0.771. The average molecular weight is 309 g/mol. The number of amides is 1. The summed E-state index contributed by atoms with van der Waals surface area (Å²) in [5.74, 6) is -0.387. The van der Waals surface area contributed by atoms with Crippen LogP contribution >= 0.6 is 0 Å². The average Bonchev–Trinajstić information content (AvgIpc) is 2.54. The van der Waals surface area contributed by atoms with Crippen LogP contribution in [0.2, 0.25) is 0 Å². The fourth-order valence-electron chi connectivity index (χ4n) is 2.34. The van der Waals surface area contributed by atoms with Crippen LogP contribution < -0.4 is 16.4 Å². The highest BCUT2D eigenvalue weighted by molar-refractivity contribution is 5.90. The molecule has 0 unspecified atom stereocenters. The summed E-state index contributed by atoms with van der Waals surface area (Å²) in [6, 6.07) is 13.8. The molecule has 0 spiro atoms. The number of benzene rings is 2. The number of hydrogen-bond acceptors (Lipinski definition) is 3. The van der Waals surface area contributed by atoms with Crippen LogP contribution in [-0.2, 0) is 11.3 Å². The molecule has 1 amide bonds. The van der Waals surface area contributed by atoms with Crippen molar-refractivity contribution in [2.45, 2.75) is 13.5 Å². The van der Waals surface area contributed by atoms with Crippen LogP contribution in [0.1, 0.15) is 5.56 Å². The third kappa shape index (κ3) is 3.06. The summed E-state index contributed by atoms with van der Waals surface area (Å²) in [5.41, 5.74) is 0.914. The maximum absolute atomic E-state index is 12.3. The third-order valence-electron chi connectivity index (χ3n) is 3.52. The number of rotatable bonds is 3. The van der Waals surface area contributed by atoms with Crippen molar-refractivity contribution in [1.29, 1.82) is 0 Å². The predicted octanol–water partition coefficient (Wildman–Crippen LogP) is 1.64. The summed E-state index contributed by atoms with van der Waals surface area (Å²) >= 11 is 0. The van der Waals surface area contributed by atoms with Gasteiger partial charge in [0.15, 0.2) is 0 Å². The van der Waals surface area contributed by atoms with Gasteiger partial charge in [-0.15, -0.1) is 0 Å². The van der Waals surface area contributed by atoms with Crippen LogP contribution in [0.4, 0.5) is 5.69 Å². The molecule has 1 aromatic heterocycles. The van der Waals surface area contributed by atoms with Crippen molar-refractivity contribution >= 4 is 22.4 Å². The lowest BCUT2D eigenvalue weighted by Crippen LogP contribution is -2.34. The van der Waals surface area contributed by atoms with Crippen LogP contribution in [0.3, 0.4) is 0 Å². The molecule has 0 radical (unpaired) electrons. The van der Waals surface area contributed by atoms with Gasteiger partial charge in [-0.2, -0.15) is 0 Å². The van der Waals surface area contributed by atoms with E-state index in [-0.39, 0.29) is 12.5 Å². The Morgan fingerprint density at radius 3 is 2.39 bits per heavy atom. The van der Waals surface area contributed by atoms with E-state index in [0.29, 0.717) is 16.5 Å². The molecule has 0 saturated heterocycles. The summed E-state index contributed by atoms with van der Waals surface area (Å²) in [4.78, 5) is 36.4. The minimum Gasteiger partial charge on any atom is -0.324 e. The molecule has 3 aromatic rings. The van der Waals surface area contributed by atoms with Crippen molar-refractivity contribution in [3.63, 3.8) is 0 Å². The molecule has 23 heavy (non-hydrogen) atoms. The second kappa shape index (κ2) is 5.92. The van der Waals surface area contributed by atoms with E-state index in [0.717, 1.165) is 10.2 Å². The maximum Gasteiger partial charge on any atom is 0.273 e. The second-order valence-corrected chi connectivity index (χ2v) is 5.29. The topological polar surface area (TPSA) is 84.0 Å². The first-order valence-corrected chi connectivity index (χ1v) is 7.13. The van der Waals surface area contributed by atoms with Gasteiger partial charge in [0, 0.05) is 5.69 Å². The molecule has 2 aromatic carbocycles. The molecule has 116 valence electrons. The number of aromatic amines is 1. The number of carbonyl (C=O) groups is 1. The first kappa shape index (κ1) is 14.8. The number of H-pyrrole nitrogens is 1. The molecule has 3 rings (SSSR count). The SMILES string of the molecule is Cc1ccc(NC(=O)Cn2[nH]c(=O)c3ccccc3c2=O)cc1. The van der Waals surface area contributed by atoms with Gasteiger partial charge in [0.2, 0.25) is 5.91 Å². The minimum atomic E-state index is -0.403. The van der Waals surface area contributed by atoms with Gasteiger partial charge in [0.25, 0.3) is 11.1 Å². The maximum atomic E-state index is 12.3. The molecular weight excluding hydrogens is 294 g/mol. The van der Waals surface area contributed by atoms with Gasteiger partial charge in [0.1, 0.15) is 6.54 Å². The lowest BCUT2D eigenvalue weighted by atomic mass is 10.2. The Morgan fingerprint density at radius 2 is 1.70 bits per heavy atom. The highest BCUT2D eigenvalue weighted by Gasteiger charge is 2.10. The lowest BCUT2D eigenvalue weighted by Gasteiger charge is -2.08. The van der Waals surface area contributed by atoms with E-state index < -0.39 is 11.1 Å². The summed E-state index contributed by atoms with van der Waals surface area (Å²) in [6.45, 7) is 1.69. The van der Waals surface area contributed by atoms with Gasteiger partial charge >= 0.3 is 0 Å². The molecule has 0 atom stereocenters. The Labute approximate surface area is 131 Å². The fraction of sp³-hybridized carbons (Fsp3) is 0.118. The number of nitrogens with zero attached hydrogens (tertiary/aromatic N) is 1. The summed E-state index contributed by atoms with van der Waals surface area (Å²) in [5, 5.41) is 5.73. The smallest absolute Gasteiger partial charge is 0.273 e. The number of aromatic nitrogens is 2. The van der Waals surface area contributed by atoms with E-state index in [1.807, 2.05) is 19.1 Å². The van der Waals surface area contributed by atoms with E-state index in [2.05, 4.69) is 10.4 Å². The Kier molecular flexibility index (Phi) is 3.80. The monoisotopic (exact) mass is 309 g/mol. The first-order chi connectivity index (χ1) is 11.0. The number of nitrogens with one attached hydrogen (secondary N) is 2. The van der Waals surface area contributed by atoms with Crippen molar-refractivity contribution in [2.24, 2.45) is 0 Å². The van der Waals surface area contributed by atoms with Crippen LogP contribution in [0.25, 0.3) is 10.8 Å². The molecular formula is C17H15N3O3. The number of carbonyl (C=O) groups excluding carboxylic acids is 1. The number of fused-ring (bicyclic) bond motifs is 1. The highest BCUT2D eigenvalue weighted by atomic mass is 16.2. The fourth-order valence-corrected chi connectivity index (χ4v) is 2.34. The van der Waals surface area contributed by atoms with Crippen LogP contribution in [0, 0.1) is 6.92 Å². The van der Waals surface area contributed by atoms with E-state index in [1.165, 1.54) is 0 Å². The van der Waals surface area contributed by atoms with Crippen molar-refractivity contribution in [1.82, 2.24) is 9.78 Å². The molecule has 1 heterocycles. The molecule has 6 nitrogen and oxygen atoms in total. The van der Waals surface area contributed by atoms with Crippen LogP contribution in [0.15, 0.2) is 58.1 Å². The van der Waals surface area contributed by atoms with Crippen molar-refractivity contribution in [3.8, 4) is 0 Å². The van der Waals surface area contributed by atoms with Crippen molar-refractivity contribution in [3.05, 3.63) is 74.8 Å².